The topological polar surface area (TPSA) is 92.2 Å². The van der Waals surface area contributed by atoms with E-state index in [1.807, 2.05) is 0 Å². The summed E-state index contributed by atoms with van der Waals surface area (Å²) in [7, 11) is 0. The smallest absolute Gasteiger partial charge is 0.354 e. The van der Waals surface area contributed by atoms with Gasteiger partial charge in [-0.05, 0) is 24.3 Å². The minimum absolute atomic E-state index is 0.0812. The molecule has 2 heterocycles. The fourth-order valence-corrected chi connectivity index (χ4v) is 1.32. The average molecular weight is 261 g/mol. The molecular weight excluding hydrogens is 253 g/mol. The monoisotopic (exact) mass is 261 g/mol. The van der Waals surface area contributed by atoms with Gasteiger partial charge in [0.05, 0.1) is 11.9 Å². The van der Waals surface area contributed by atoms with Crippen LogP contribution in [0.4, 0.5) is 10.1 Å². The minimum atomic E-state index is -1.16. The maximum atomic E-state index is 12.8. The summed E-state index contributed by atoms with van der Waals surface area (Å²) in [4.78, 5) is 29.3. The zero-order chi connectivity index (χ0) is 13.8. The number of nitrogens with zero attached hydrogens (tertiary/aromatic N) is 2. The summed E-state index contributed by atoms with van der Waals surface area (Å²) >= 11 is 0. The van der Waals surface area contributed by atoms with E-state index in [-0.39, 0.29) is 11.4 Å². The predicted molar refractivity (Wildman–Crippen MR) is 63.3 cm³/mol. The van der Waals surface area contributed by atoms with Crippen LogP contribution in [0.3, 0.4) is 0 Å². The molecule has 2 aromatic heterocycles. The van der Waals surface area contributed by atoms with Crippen molar-refractivity contribution in [2.45, 2.75) is 0 Å². The van der Waals surface area contributed by atoms with E-state index in [4.69, 9.17) is 5.11 Å². The van der Waals surface area contributed by atoms with Crippen molar-refractivity contribution in [2.75, 3.05) is 5.32 Å². The van der Waals surface area contributed by atoms with Crippen molar-refractivity contribution >= 4 is 17.6 Å². The van der Waals surface area contributed by atoms with Crippen molar-refractivity contribution in [3.8, 4) is 0 Å². The van der Waals surface area contributed by atoms with Gasteiger partial charge in [0.1, 0.15) is 11.4 Å². The molecule has 0 unspecified atom stereocenters. The largest absolute Gasteiger partial charge is 0.477 e. The van der Waals surface area contributed by atoms with Gasteiger partial charge >= 0.3 is 5.97 Å². The number of nitrogens with one attached hydrogen (secondary N) is 1. The van der Waals surface area contributed by atoms with Gasteiger partial charge in [-0.2, -0.15) is 4.39 Å². The molecule has 19 heavy (non-hydrogen) atoms. The number of rotatable bonds is 3. The van der Waals surface area contributed by atoms with Gasteiger partial charge in [0.25, 0.3) is 5.91 Å². The molecule has 0 aliphatic rings. The normalized spacial score (nSPS) is 9.95. The SMILES string of the molecule is O=C(O)c1ccc(NC(=O)c2cccc(F)n2)cn1. The van der Waals surface area contributed by atoms with E-state index < -0.39 is 17.8 Å². The lowest BCUT2D eigenvalue weighted by atomic mass is 10.3. The standard InChI is InChI=1S/C12H8FN3O3/c13-10-3-1-2-8(16-10)11(17)15-7-4-5-9(12(18)19)14-6-7/h1-6H,(H,15,17)(H,18,19). The summed E-state index contributed by atoms with van der Waals surface area (Å²) < 4.78 is 12.8. The Bertz CT molecular complexity index is 628. The Morgan fingerprint density at radius 3 is 2.53 bits per heavy atom. The molecule has 6 nitrogen and oxygen atoms in total. The Morgan fingerprint density at radius 2 is 1.95 bits per heavy atom. The second kappa shape index (κ2) is 5.21. The zero-order valence-corrected chi connectivity index (χ0v) is 9.50. The predicted octanol–water partition coefficient (Wildman–Crippen LogP) is 1.57. The highest BCUT2D eigenvalue weighted by Gasteiger charge is 2.09. The summed E-state index contributed by atoms with van der Waals surface area (Å²) in [5, 5.41) is 11.1. The van der Waals surface area contributed by atoms with Gasteiger partial charge in [-0.15, -0.1) is 0 Å². The van der Waals surface area contributed by atoms with Gasteiger partial charge in [-0.1, -0.05) is 6.07 Å². The van der Waals surface area contributed by atoms with Crippen LogP contribution >= 0.6 is 0 Å². The third-order valence-corrected chi connectivity index (χ3v) is 2.19. The first-order valence-corrected chi connectivity index (χ1v) is 5.19. The van der Waals surface area contributed by atoms with E-state index in [0.29, 0.717) is 5.69 Å². The number of amides is 1. The van der Waals surface area contributed by atoms with Crippen LogP contribution in [0.2, 0.25) is 0 Å². The maximum Gasteiger partial charge on any atom is 0.354 e. The molecule has 0 aliphatic carbocycles. The molecule has 2 aromatic rings. The second-order valence-corrected chi connectivity index (χ2v) is 3.54. The molecule has 0 spiro atoms. The van der Waals surface area contributed by atoms with Crippen molar-refractivity contribution in [3.63, 3.8) is 0 Å². The lowest BCUT2D eigenvalue weighted by molar-refractivity contribution is 0.0690. The van der Waals surface area contributed by atoms with Crippen LogP contribution in [-0.2, 0) is 0 Å². The molecular formula is C12H8FN3O3. The maximum absolute atomic E-state index is 12.8. The lowest BCUT2D eigenvalue weighted by Gasteiger charge is -2.04. The van der Waals surface area contributed by atoms with Crippen LogP contribution in [0.1, 0.15) is 21.0 Å². The lowest BCUT2D eigenvalue weighted by Crippen LogP contribution is -2.14. The number of aromatic carboxylic acids is 1. The van der Waals surface area contributed by atoms with E-state index in [0.717, 1.165) is 6.07 Å². The van der Waals surface area contributed by atoms with Crippen LogP contribution in [-0.4, -0.2) is 27.0 Å². The summed E-state index contributed by atoms with van der Waals surface area (Å²) in [5.41, 5.74) is 0.0743. The average Bonchev–Trinajstić information content (AvgIpc) is 2.39. The highest BCUT2D eigenvalue weighted by atomic mass is 19.1. The molecule has 0 aromatic carbocycles. The van der Waals surface area contributed by atoms with Gasteiger partial charge in [-0.3, -0.25) is 4.79 Å². The number of carbonyl (C=O) groups is 2. The van der Waals surface area contributed by atoms with Crippen LogP contribution < -0.4 is 5.32 Å². The molecule has 0 aliphatic heterocycles. The Morgan fingerprint density at radius 1 is 1.16 bits per heavy atom. The van der Waals surface area contributed by atoms with Crippen LogP contribution in [0, 0.1) is 5.95 Å². The number of hydrogen-bond acceptors (Lipinski definition) is 4. The van der Waals surface area contributed by atoms with Crippen LogP contribution in [0.5, 0.6) is 0 Å². The first-order chi connectivity index (χ1) is 9.06. The Labute approximate surface area is 106 Å². The highest BCUT2D eigenvalue weighted by Crippen LogP contribution is 2.08. The molecule has 7 heteroatoms. The van der Waals surface area contributed by atoms with Crippen LogP contribution in [0.25, 0.3) is 0 Å². The van der Waals surface area contributed by atoms with E-state index in [2.05, 4.69) is 15.3 Å². The van der Waals surface area contributed by atoms with E-state index in [1.165, 1.54) is 30.5 Å². The number of pyridine rings is 2. The molecule has 1 amide bonds. The molecule has 0 fully saturated rings. The molecule has 0 bridgehead atoms. The zero-order valence-electron chi connectivity index (χ0n) is 9.50. The molecule has 0 radical (unpaired) electrons. The summed E-state index contributed by atoms with van der Waals surface area (Å²) in [6.07, 6.45) is 1.20. The number of anilines is 1. The Hall–Kier alpha value is -2.83. The van der Waals surface area contributed by atoms with Crippen molar-refractivity contribution in [2.24, 2.45) is 0 Å². The van der Waals surface area contributed by atoms with Crippen LogP contribution in [0.15, 0.2) is 36.5 Å². The number of carboxylic acid groups (broad SMARTS) is 1. The van der Waals surface area contributed by atoms with Crippen molar-refractivity contribution in [1.29, 1.82) is 0 Å². The van der Waals surface area contributed by atoms with E-state index >= 15 is 0 Å². The first kappa shape index (κ1) is 12.6. The van der Waals surface area contributed by atoms with Gasteiger partial charge in [0.15, 0.2) is 0 Å². The van der Waals surface area contributed by atoms with Gasteiger partial charge in [0, 0.05) is 0 Å². The molecule has 2 N–H and O–H groups in total. The Balaban J connectivity index is 2.13. The number of hydrogen-bond donors (Lipinski definition) is 2. The van der Waals surface area contributed by atoms with Gasteiger partial charge in [-0.25, -0.2) is 14.8 Å². The van der Waals surface area contributed by atoms with E-state index in [1.54, 1.807) is 0 Å². The third kappa shape index (κ3) is 3.09. The van der Waals surface area contributed by atoms with E-state index in [9.17, 15) is 14.0 Å². The fraction of sp³-hybridized carbons (Fsp3) is 0. The minimum Gasteiger partial charge on any atom is -0.477 e. The van der Waals surface area contributed by atoms with Crippen molar-refractivity contribution in [3.05, 3.63) is 53.9 Å². The first-order valence-electron chi connectivity index (χ1n) is 5.19. The summed E-state index contributed by atoms with van der Waals surface area (Å²) in [5.74, 6) is -2.53. The van der Waals surface area contributed by atoms with Gasteiger partial charge < -0.3 is 10.4 Å². The Kier molecular flexibility index (Phi) is 3.46. The molecule has 0 saturated carbocycles. The molecule has 0 atom stereocenters. The van der Waals surface area contributed by atoms with Gasteiger partial charge in [0.2, 0.25) is 5.95 Å². The number of aromatic nitrogens is 2. The second-order valence-electron chi connectivity index (χ2n) is 3.54. The quantitative estimate of drug-likeness (QED) is 0.818. The molecule has 96 valence electrons. The fourth-order valence-electron chi connectivity index (χ4n) is 1.32. The summed E-state index contributed by atoms with van der Waals surface area (Å²) in [6.45, 7) is 0. The highest BCUT2D eigenvalue weighted by molar-refractivity contribution is 6.02. The van der Waals surface area contributed by atoms with Crippen molar-refractivity contribution in [1.82, 2.24) is 9.97 Å². The third-order valence-electron chi connectivity index (χ3n) is 2.19. The molecule has 0 saturated heterocycles. The van der Waals surface area contributed by atoms with Crippen molar-refractivity contribution < 1.29 is 19.1 Å². The number of carboxylic acids is 1. The number of carbonyl (C=O) groups excluding carboxylic acids is 1. The molecule has 2 rings (SSSR count). The summed E-state index contributed by atoms with van der Waals surface area (Å²) in [6, 6.07) is 6.48. The number of halogens is 1.